The molecule has 0 saturated heterocycles. The van der Waals surface area contributed by atoms with E-state index in [-0.39, 0.29) is 28.8 Å². The zero-order chi connectivity index (χ0) is 20.0. The second kappa shape index (κ2) is 8.71. The highest BCUT2D eigenvalue weighted by Gasteiger charge is 2.22. The molecular weight excluding hydrogens is 376 g/mol. The molecule has 0 heterocycles. The number of esters is 1. The molecule has 0 radical (unpaired) electrons. The second-order valence-electron chi connectivity index (χ2n) is 6.20. The number of benzene rings is 3. The molecule has 0 bridgehead atoms. The van der Waals surface area contributed by atoms with Crippen molar-refractivity contribution < 1.29 is 22.7 Å². The standard InChI is InChI=1S/C22H20O5S/c1-17-12-13-21(28(24,25)19-10-6-3-7-11-19)20(14-17)26-16-22(23)27-15-18-8-4-2-5-9-18/h2-14H,15-16H2,1H3. The van der Waals surface area contributed by atoms with Crippen LogP contribution in [-0.2, 0) is 26.0 Å². The summed E-state index contributed by atoms with van der Waals surface area (Å²) in [5, 5.41) is 0. The lowest BCUT2D eigenvalue weighted by Gasteiger charge is -2.13. The normalized spacial score (nSPS) is 11.0. The minimum Gasteiger partial charge on any atom is -0.481 e. The van der Waals surface area contributed by atoms with Crippen molar-refractivity contribution >= 4 is 15.8 Å². The first kappa shape index (κ1) is 19.6. The predicted octanol–water partition coefficient (Wildman–Crippen LogP) is 3.95. The Morgan fingerprint density at radius 1 is 0.893 bits per heavy atom. The molecule has 0 spiro atoms. The molecule has 0 unspecified atom stereocenters. The van der Waals surface area contributed by atoms with Crippen LogP contribution in [0.4, 0.5) is 0 Å². The molecule has 3 rings (SSSR count). The molecule has 0 aliphatic carbocycles. The number of carbonyl (C=O) groups is 1. The van der Waals surface area contributed by atoms with E-state index < -0.39 is 15.8 Å². The van der Waals surface area contributed by atoms with Crippen LogP contribution in [0.15, 0.2) is 88.7 Å². The van der Waals surface area contributed by atoms with Gasteiger partial charge in [-0.3, -0.25) is 0 Å². The Kier molecular flexibility index (Phi) is 6.11. The Balaban J connectivity index is 1.73. The van der Waals surface area contributed by atoms with Crippen LogP contribution in [0, 0.1) is 6.92 Å². The average molecular weight is 396 g/mol. The maximum atomic E-state index is 12.9. The topological polar surface area (TPSA) is 69.7 Å². The highest BCUT2D eigenvalue weighted by Crippen LogP contribution is 2.30. The zero-order valence-electron chi connectivity index (χ0n) is 15.4. The lowest BCUT2D eigenvalue weighted by molar-refractivity contribution is -0.147. The molecule has 3 aromatic carbocycles. The van der Waals surface area contributed by atoms with E-state index in [4.69, 9.17) is 9.47 Å². The maximum absolute atomic E-state index is 12.9. The van der Waals surface area contributed by atoms with Gasteiger partial charge in [0, 0.05) is 0 Å². The van der Waals surface area contributed by atoms with E-state index in [0.29, 0.717) is 0 Å². The molecule has 0 N–H and O–H groups in total. The van der Waals surface area contributed by atoms with E-state index >= 15 is 0 Å². The van der Waals surface area contributed by atoms with E-state index in [1.54, 1.807) is 30.3 Å². The van der Waals surface area contributed by atoms with Gasteiger partial charge in [-0.15, -0.1) is 0 Å². The van der Waals surface area contributed by atoms with Gasteiger partial charge >= 0.3 is 5.97 Å². The number of sulfone groups is 1. The second-order valence-corrected chi connectivity index (χ2v) is 8.12. The van der Waals surface area contributed by atoms with Gasteiger partial charge in [-0.05, 0) is 42.3 Å². The lowest BCUT2D eigenvalue weighted by Crippen LogP contribution is -2.16. The van der Waals surface area contributed by atoms with Crippen LogP contribution in [0.5, 0.6) is 5.75 Å². The summed E-state index contributed by atoms with van der Waals surface area (Å²) in [6.07, 6.45) is 0. The molecule has 0 aliphatic heterocycles. The molecule has 3 aromatic rings. The first-order chi connectivity index (χ1) is 13.5. The summed E-state index contributed by atoms with van der Waals surface area (Å²) in [5.41, 5.74) is 1.68. The third kappa shape index (κ3) is 4.78. The summed E-state index contributed by atoms with van der Waals surface area (Å²) in [7, 11) is -3.77. The van der Waals surface area contributed by atoms with Gasteiger partial charge in [0.15, 0.2) is 6.61 Å². The Morgan fingerprint density at radius 2 is 1.54 bits per heavy atom. The molecule has 0 amide bonds. The Morgan fingerprint density at radius 3 is 2.21 bits per heavy atom. The summed E-state index contributed by atoms with van der Waals surface area (Å²) >= 11 is 0. The number of hydrogen-bond donors (Lipinski definition) is 0. The molecule has 28 heavy (non-hydrogen) atoms. The monoisotopic (exact) mass is 396 g/mol. The Hall–Kier alpha value is -3.12. The van der Waals surface area contributed by atoms with Crippen LogP contribution in [0.3, 0.4) is 0 Å². The maximum Gasteiger partial charge on any atom is 0.344 e. The van der Waals surface area contributed by atoms with Gasteiger partial charge in [0.25, 0.3) is 0 Å². The van der Waals surface area contributed by atoms with Crippen molar-refractivity contribution in [1.82, 2.24) is 0 Å². The molecule has 0 aromatic heterocycles. The number of hydrogen-bond acceptors (Lipinski definition) is 5. The summed E-state index contributed by atoms with van der Waals surface area (Å²) in [6.45, 7) is 1.57. The fourth-order valence-electron chi connectivity index (χ4n) is 2.59. The van der Waals surface area contributed by atoms with Gasteiger partial charge in [-0.1, -0.05) is 54.6 Å². The third-order valence-electron chi connectivity index (χ3n) is 4.03. The molecule has 0 aliphatic rings. The van der Waals surface area contributed by atoms with Crippen molar-refractivity contribution in [2.24, 2.45) is 0 Å². The first-order valence-electron chi connectivity index (χ1n) is 8.70. The van der Waals surface area contributed by atoms with Crippen molar-refractivity contribution in [3.63, 3.8) is 0 Å². The average Bonchev–Trinajstić information content (AvgIpc) is 2.72. The number of carbonyl (C=O) groups excluding carboxylic acids is 1. The fourth-order valence-corrected chi connectivity index (χ4v) is 3.99. The predicted molar refractivity (Wildman–Crippen MR) is 105 cm³/mol. The molecule has 0 fully saturated rings. The van der Waals surface area contributed by atoms with Gasteiger partial charge in [-0.2, -0.15) is 0 Å². The summed E-state index contributed by atoms with van der Waals surface area (Å²) in [5.74, 6) is -0.450. The van der Waals surface area contributed by atoms with E-state index in [0.717, 1.165) is 11.1 Å². The van der Waals surface area contributed by atoms with E-state index in [9.17, 15) is 13.2 Å². The Bertz CT molecular complexity index is 1040. The summed E-state index contributed by atoms with van der Waals surface area (Å²) < 4.78 is 36.5. The van der Waals surface area contributed by atoms with Crippen molar-refractivity contribution in [3.8, 4) is 5.75 Å². The minimum absolute atomic E-state index is 0.0140. The van der Waals surface area contributed by atoms with Gasteiger partial charge in [0.1, 0.15) is 17.3 Å². The number of aryl methyl sites for hydroxylation is 1. The van der Waals surface area contributed by atoms with Gasteiger partial charge in [-0.25, -0.2) is 13.2 Å². The van der Waals surface area contributed by atoms with Crippen molar-refractivity contribution in [2.75, 3.05) is 6.61 Å². The van der Waals surface area contributed by atoms with Crippen LogP contribution >= 0.6 is 0 Å². The van der Waals surface area contributed by atoms with E-state index in [2.05, 4.69) is 0 Å². The van der Waals surface area contributed by atoms with Crippen LogP contribution in [-0.4, -0.2) is 21.0 Å². The minimum atomic E-state index is -3.77. The number of ether oxygens (including phenoxy) is 2. The highest BCUT2D eigenvalue weighted by atomic mass is 32.2. The molecule has 144 valence electrons. The molecule has 0 atom stereocenters. The van der Waals surface area contributed by atoms with Crippen molar-refractivity contribution in [3.05, 3.63) is 90.0 Å². The van der Waals surface area contributed by atoms with Gasteiger partial charge < -0.3 is 9.47 Å². The van der Waals surface area contributed by atoms with Crippen LogP contribution in [0.1, 0.15) is 11.1 Å². The van der Waals surface area contributed by atoms with Crippen LogP contribution in [0.25, 0.3) is 0 Å². The smallest absolute Gasteiger partial charge is 0.344 e. The molecule has 6 heteroatoms. The molecule has 0 saturated carbocycles. The molecule has 5 nitrogen and oxygen atoms in total. The fraction of sp³-hybridized carbons (Fsp3) is 0.136. The Labute approximate surface area is 164 Å². The molecular formula is C22H20O5S. The van der Waals surface area contributed by atoms with Gasteiger partial charge in [0.2, 0.25) is 9.84 Å². The van der Waals surface area contributed by atoms with Crippen molar-refractivity contribution in [1.29, 1.82) is 0 Å². The number of rotatable bonds is 7. The third-order valence-corrected chi connectivity index (χ3v) is 5.84. The lowest BCUT2D eigenvalue weighted by atomic mass is 10.2. The zero-order valence-corrected chi connectivity index (χ0v) is 16.2. The van der Waals surface area contributed by atoms with E-state index in [1.807, 2.05) is 37.3 Å². The SMILES string of the molecule is Cc1ccc(S(=O)(=O)c2ccccc2)c(OCC(=O)OCc2ccccc2)c1. The van der Waals surface area contributed by atoms with Gasteiger partial charge in [0.05, 0.1) is 4.90 Å². The van der Waals surface area contributed by atoms with Crippen LogP contribution < -0.4 is 4.74 Å². The van der Waals surface area contributed by atoms with Crippen LogP contribution in [0.2, 0.25) is 0 Å². The first-order valence-corrected chi connectivity index (χ1v) is 10.2. The summed E-state index contributed by atoms with van der Waals surface area (Å²) in [6, 6.07) is 22.2. The largest absolute Gasteiger partial charge is 0.481 e. The summed E-state index contributed by atoms with van der Waals surface area (Å²) in [4.78, 5) is 12.2. The highest BCUT2D eigenvalue weighted by molar-refractivity contribution is 7.91. The quantitative estimate of drug-likeness (QED) is 0.566. The van der Waals surface area contributed by atoms with Crippen molar-refractivity contribution in [2.45, 2.75) is 23.3 Å². The van der Waals surface area contributed by atoms with E-state index in [1.165, 1.54) is 18.2 Å².